The SMILES string of the molecule is O=c1nc(N(Cc2ccccc2)c2ccc(Cl)cc2)sc2ncccc12. The molecule has 0 aliphatic rings. The third-order valence-corrected chi connectivity index (χ3v) is 5.20. The van der Waals surface area contributed by atoms with E-state index in [4.69, 9.17) is 11.6 Å². The standard InChI is InChI=1S/C20H14ClN3OS/c21-15-8-10-16(11-9-15)24(13-14-5-2-1-3-6-14)20-23-18(25)17-7-4-12-22-19(17)26-20/h1-12H,13H2. The van der Waals surface area contributed by atoms with Gasteiger partial charge >= 0.3 is 0 Å². The van der Waals surface area contributed by atoms with Crippen molar-refractivity contribution in [3.05, 3.63) is 93.9 Å². The van der Waals surface area contributed by atoms with E-state index in [0.717, 1.165) is 11.3 Å². The van der Waals surface area contributed by atoms with Gasteiger partial charge in [-0.05, 0) is 42.0 Å². The molecule has 0 radical (unpaired) electrons. The summed E-state index contributed by atoms with van der Waals surface area (Å²) in [6.45, 7) is 0.587. The van der Waals surface area contributed by atoms with Crippen LogP contribution in [-0.2, 0) is 6.54 Å². The van der Waals surface area contributed by atoms with Crippen LogP contribution < -0.4 is 10.5 Å². The largest absolute Gasteiger partial charge is 0.313 e. The minimum Gasteiger partial charge on any atom is -0.313 e. The van der Waals surface area contributed by atoms with Crippen molar-refractivity contribution in [2.45, 2.75) is 6.54 Å². The van der Waals surface area contributed by atoms with Gasteiger partial charge in [-0.2, -0.15) is 4.98 Å². The molecule has 0 amide bonds. The van der Waals surface area contributed by atoms with Gasteiger partial charge in [-0.25, -0.2) is 4.98 Å². The van der Waals surface area contributed by atoms with E-state index < -0.39 is 0 Å². The van der Waals surface area contributed by atoms with Crippen LogP contribution in [0.5, 0.6) is 0 Å². The molecule has 26 heavy (non-hydrogen) atoms. The Bertz CT molecular complexity index is 1100. The van der Waals surface area contributed by atoms with Gasteiger partial charge in [0.1, 0.15) is 4.83 Å². The van der Waals surface area contributed by atoms with E-state index in [9.17, 15) is 4.79 Å². The van der Waals surface area contributed by atoms with Crippen LogP contribution in [0.15, 0.2) is 77.7 Å². The molecule has 2 heterocycles. The van der Waals surface area contributed by atoms with Gasteiger partial charge < -0.3 is 4.90 Å². The number of pyridine rings is 1. The molecule has 4 rings (SSSR count). The predicted octanol–water partition coefficient (Wildman–Crippen LogP) is 5.04. The first-order chi connectivity index (χ1) is 12.7. The van der Waals surface area contributed by atoms with Gasteiger partial charge in [0.15, 0.2) is 5.13 Å². The Morgan fingerprint density at radius 1 is 0.962 bits per heavy atom. The second-order valence-corrected chi connectivity index (χ2v) is 7.10. The van der Waals surface area contributed by atoms with Crippen molar-refractivity contribution in [3.8, 4) is 0 Å². The van der Waals surface area contributed by atoms with Crippen LogP contribution >= 0.6 is 22.9 Å². The third-order valence-electron chi connectivity index (χ3n) is 3.94. The first-order valence-corrected chi connectivity index (χ1v) is 9.23. The summed E-state index contributed by atoms with van der Waals surface area (Å²) >= 11 is 7.43. The summed E-state index contributed by atoms with van der Waals surface area (Å²) in [6, 6.07) is 21.1. The number of hydrogen-bond donors (Lipinski definition) is 0. The van der Waals surface area contributed by atoms with Crippen LogP contribution in [0.2, 0.25) is 5.02 Å². The number of aromatic nitrogens is 2. The van der Waals surface area contributed by atoms with Crippen molar-refractivity contribution < 1.29 is 0 Å². The number of nitrogens with zero attached hydrogens (tertiary/aromatic N) is 3. The van der Waals surface area contributed by atoms with E-state index in [0.29, 0.717) is 26.9 Å². The highest BCUT2D eigenvalue weighted by Gasteiger charge is 2.15. The average Bonchev–Trinajstić information content (AvgIpc) is 2.68. The Morgan fingerprint density at radius 3 is 2.50 bits per heavy atom. The summed E-state index contributed by atoms with van der Waals surface area (Å²) in [7, 11) is 0. The van der Waals surface area contributed by atoms with Gasteiger partial charge in [0.05, 0.1) is 11.9 Å². The Morgan fingerprint density at radius 2 is 1.73 bits per heavy atom. The smallest absolute Gasteiger partial charge is 0.282 e. The molecule has 0 N–H and O–H groups in total. The summed E-state index contributed by atoms with van der Waals surface area (Å²) in [4.78, 5) is 23.8. The van der Waals surface area contributed by atoms with Crippen LogP contribution in [0, 0.1) is 0 Å². The lowest BCUT2D eigenvalue weighted by Crippen LogP contribution is -2.20. The zero-order valence-electron chi connectivity index (χ0n) is 13.7. The van der Waals surface area contributed by atoms with Gasteiger partial charge in [-0.3, -0.25) is 4.79 Å². The minimum absolute atomic E-state index is 0.270. The Balaban J connectivity index is 1.84. The van der Waals surface area contributed by atoms with E-state index in [-0.39, 0.29) is 5.56 Å². The van der Waals surface area contributed by atoms with E-state index in [1.54, 1.807) is 18.3 Å². The molecule has 0 aliphatic heterocycles. The monoisotopic (exact) mass is 379 g/mol. The quantitative estimate of drug-likeness (QED) is 0.498. The van der Waals surface area contributed by atoms with E-state index in [1.165, 1.54) is 11.3 Å². The first-order valence-electron chi connectivity index (χ1n) is 8.03. The van der Waals surface area contributed by atoms with Gasteiger partial charge in [-0.15, -0.1) is 0 Å². The van der Waals surface area contributed by atoms with Gasteiger partial charge in [0.2, 0.25) is 0 Å². The lowest BCUT2D eigenvalue weighted by atomic mass is 10.2. The molecule has 2 aromatic carbocycles. The fraction of sp³-hybridized carbons (Fsp3) is 0.0500. The normalized spacial score (nSPS) is 10.8. The molecule has 0 bridgehead atoms. The lowest BCUT2D eigenvalue weighted by Gasteiger charge is -2.23. The maximum Gasteiger partial charge on any atom is 0.282 e. The van der Waals surface area contributed by atoms with Crippen molar-refractivity contribution >= 4 is 44.0 Å². The van der Waals surface area contributed by atoms with Crippen LogP contribution in [0.1, 0.15) is 5.56 Å². The first kappa shape index (κ1) is 16.7. The predicted molar refractivity (Wildman–Crippen MR) is 107 cm³/mol. The second kappa shape index (κ2) is 7.23. The zero-order chi connectivity index (χ0) is 17.9. The molecule has 0 fully saturated rings. The summed E-state index contributed by atoms with van der Waals surface area (Å²) < 4.78 is 0. The van der Waals surface area contributed by atoms with Crippen molar-refractivity contribution in [2.24, 2.45) is 0 Å². The van der Waals surface area contributed by atoms with E-state index >= 15 is 0 Å². The third kappa shape index (κ3) is 3.45. The van der Waals surface area contributed by atoms with Crippen LogP contribution in [0.4, 0.5) is 10.8 Å². The lowest BCUT2D eigenvalue weighted by molar-refractivity contribution is 0.959. The van der Waals surface area contributed by atoms with Crippen LogP contribution in [-0.4, -0.2) is 9.97 Å². The van der Waals surface area contributed by atoms with Crippen molar-refractivity contribution in [1.29, 1.82) is 0 Å². The minimum atomic E-state index is -0.270. The van der Waals surface area contributed by atoms with Gasteiger partial charge in [-0.1, -0.05) is 53.3 Å². The number of rotatable bonds is 4. The molecular weight excluding hydrogens is 366 g/mol. The van der Waals surface area contributed by atoms with Crippen LogP contribution in [0.3, 0.4) is 0 Å². The van der Waals surface area contributed by atoms with Crippen molar-refractivity contribution in [3.63, 3.8) is 0 Å². The van der Waals surface area contributed by atoms with Gasteiger partial charge in [0, 0.05) is 16.9 Å². The Hall–Kier alpha value is -2.76. The van der Waals surface area contributed by atoms with Crippen LogP contribution in [0.25, 0.3) is 10.2 Å². The molecule has 0 spiro atoms. The zero-order valence-corrected chi connectivity index (χ0v) is 15.2. The topological polar surface area (TPSA) is 46.1 Å². The molecule has 4 nitrogen and oxygen atoms in total. The van der Waals surface area contributed by atoms with Crippen molar-refractivity contribution in [1.82, 2.24) is 9.97 Å². The van der Waals surface area contributed by atoms with Crippen molar-refractivity contribution in [2.75, 3.05) is 4.90 Å². The fourth-order valence-electron chi connectivity index (χ4n) is 2.66. The molecule has 6 heteroatoms. The molecule has 128 valence electrons. The highest BCUT2D eigenvalue weighted by molar-refractivity contribution is 7.21. The second-order valence-electron chi connectivity index (χ2n) is 5.71. The number of halogens is 1. The fourth-order valence-corrected chi connectivity index (χ4v) is 3.75. The molecular formula is C20H14ClN3OS. The average molecular weight is 380 g/mol. The number of hydrogen-bond acceptors (Lipinski definition) is 5. The Labute approximate surface area is 159 Å². The summed E-state index contributed by atoms with van der Waals surface area (Å²) in [5, 5.41) is 1.80. The molecule has 2 aromatic heterocycles. The number of fused-ring (bicyclic) bond motifs is 1. The van der Waals surface area contributed by atoms with Gasteiger partial charge in [0.25, 0.3) is 5.56 Å². The maximum atomic E-state index is 12.4. The highest BCUT2D eigenvalue weighted by atomic mass is 35.5. The molecule has 0 unspecified atom stereocenters. The molecule has 0 aliphatic carbocycles. The summed E-state index contributed by atoms with van der Waals surface area (Å²) in [5.74, 6) is 0. The highest BCUT2D eigenvalue weighted by Crippen LogP contribution is 2.31. The summed E-state index contributed by atoms with van der Waals surface area (Å²) in [5.41, 5.74) is 1.76. The van der Waals surface area contributed by atoms with E-state index in [1.807, 2.05) is 59.5 Å². The summed E-state index contributed by atoms with van der Waals surface area (Å²) in [6.07, 6.45) is 1.69. The Kier molecular flexibility index (Phi) is 4.65. The molecule has 0 atom stereocenters. The van der Waals surface area contributed by atoms with E-state index in [2.05, 4.69) is 9.97 Å². The molecule has 0 saturated heterocycles. The number of benzene rings is 2. The molecule has 4 aromatic rings. The molecule has 0 saturated carbocycles. The number of anilines is 2. The maximum absolute atomic E-state index is 12.4.